The van der Waals surface area contributed by atoms with Gasteiger partial charge in [-0.3, -0.25) is 0 Å². The van der Waals surface area contributed by atoms with Crippen molar-refractivity contribution in [2.45, 2.75) is 38.2 Å². The third-order valence-electron chi connectivity index (χ3n) is 2.18. The highest BCUT2D eigenvalue weighted by atomic mass is 35.5. The maximum Gasteiger partial charge on any atom is 0.0581 e. The first-order valence-electron chi connectivity index (χ1n) is 3.99. The molecule has 1 fully saturated rings. The van der Waals surface area contributed by atoms with E-state index in [0.29, 0.717) is 17.4 Å². The van der Waals surface area contributed by atoms with Crippen LogP contribution in [0.25, 0.3) is 0 Å². The molecule has 0 saturated heterocycles. The van der Waals surface area contributed by atoms with E-state index >= 15 is 0 Å². The average Bonchev–Trinajstić information content (AvgIpc) is 1.76. The molecule has 0 bridgehead atoms. The maximum absolute atomic E-state index is 5.89. The zero-order chi connectivity index (χ0) is 7.56. The Morgan fingerprint density at radius 1 is 1.60 bits per heavy atom. The third kappa shape index (κ3) is 1.86. The van der Waals surface area contributed by atoms with Gasteiger partial charge in [0.25, 0.3) is 0 Å². The van der Waals surface area contributed by atoms with Gasteiger partial charge in [0, 0.05) is 12.0 Å². The second-order valence-electron chi connectivity index (χ2n) is 2.99. The largest absolute Gasteiger partial charge is 0.378 e. The van der Waals surface area contributed by atoms with Crippen molar-refractivity contribution in [2.24, 2.45) is 5.92 Å². The molecule has 1 atom stereocenters. The van der Waals surface area contributed by atoms with Gasteiger partial charge in [-0.2, -0.15) is 0 Å². The normalized spacial score (nSPS) is 35.1. The number of rotatable bonds is 3. The van der Waals surface area contributed by atoms with E-state index in [1.165, 1.54) is 12.8 Å². The van der Waals surface area contributed by atoms with Gasteiger partial charge in [0.05, 0.1) is 6.10 Å². The molecule has 0 heterocycles. The first-order valence-corrected chi connectivity index (χ1v) is 4.43. The van der Waals surface area contributed by atoms with Crippen molar-refractivity contribution in [3.05, 3.63) is 0 Å². The van der Waals surface area contributed by atoms with E-state index in [1.54, 1.807) is 0 Å². The molecular formula is C8H15ClO. The summed E-state index contributed by atoms with van der Waals surface area (Å²) in [5.41, 5.74) is 0. The molecule has 0 aromatic heterocycles. The van der Waals surface area contributed by atoms with Crippen LogP contribution in [0.1, 0.15) is 26.7 Å². The van der Waals surface area contributed by atoms with E-state index in [-0.39, 0.29) is 0 Å². The summed E-state index contributed by atoms with van der Waals surface area (Å²) in [5.74, 6) is 0.707. The molecule has 0 N–H and O–H groups in total. The van der Waals surface area contributed by atoms with Crippen molar-refractivity contribution in [1.82, 2.24) is 0 Å². The number of hydrogen-bond acceptors (Lipinski definition) is 1. The molecule has 2 heteroatoms. The van der Waals surface area contributed by atoms with Crippen LogP contribution in [-0.2, 0) is 4.74 Å². The van der Waals surface area contributed by atoms with Crippen LogP contribution in [0.5, 0.6) is 0 Å². The van der Waals surface area contributed by atoms with Crippen LogP contribution in [0, 0.1) is 5.92 Å². The summed E-state index contributed by atoms with van der Waals surface area (Å²) in [7, 11) is 0. The van der Waals surface area contributed by atoms with Gasteiger partial charge in [0.1, 0.15) is 0 Å². The van der Waals surface area contributed by atoms with Crippen molar-refractivity contribution in [2.75, 3.05) is 6.61 Å². The van der Waals surface area contributed by atoms with E-state index in [0.717, 1.165) is 6.61 Å². The van der Waals surface area contributed by atoms with Gasteiger partial charge in [-0.05, 0) is 32.6 Å². The third-order valence-corrected chi connectivity index (χ3v) is 2.54. The fourth-order valence-electron chi connectivity index (χ4n) is 1.35. The van der Waals surface area contributed by atoms with Crippen molar-refractivity contribution < 1.29 is 4.74 Å². The highest BCUT2D eigenvalue weighted by molar-refractivity contribution is 6.20. The maximum atomic E-state index is 5.89. The van der Waals surface area contributed by atoms with Crippen molar-refractivity contribution in [3.8, 4) is 0 Å². The molecule has 1 unspecified atom stereocenters. The molecule has 10 heavy (non-hydrogen) atoms. The van der Waals surface area contributed by atoms with Crippen molar-refractivity contribution >= 4 is 11.6 Å². The lowest BCUT2D eigenvalue weighted by molar-refractivity contribution is -0.0241. The summed E-state index contributed by atoms with van der Waals surface area (Å²) in [6.45, 7) is 4.94. The van der Waals surface area contributed by atoms with Crippen LogP contribution in [0.2, 0.25) is 0 Å². The van der Waals surface area contributed by atoms with Gasteiger partial charge in [0.15, 0.2) is 0 Å². The fraction of sp³-hybridized carbons (Fsp3) is 1.00. The lowest BCUT2D eigenvalue weighted by Crippen LogP contribution is -2.35. The molecule has 0 radical (unpaired) electrons. The van der Waals surface area contributed by atoms with Crippen molar-refractivity contribution in [3.63, 3.8) is 0 Å². The Morgan fingerprint density at radius 3 is 2.60 bits per heavy atom. The zero-order valence-electron chi connectivity index (χ0n) is 6.64. The van der Waals surface area contributed by atoms with Crippen LogP contribution in [0.3, 0.4) is 0 Å². The van der Waals surface area contributed by atoms with Crippen LogP contribution in [-0.4, -0.2) is 18.1 Å². The SMILES string of the molecule is CCOC1CC(C(C)Cl)C1. The van der Waals surface area contributed by atoms with Gasteiger partial charge in [-0.15, -0.1) is 11.6 Å². The zero-order valence-corrected chi connectivity index (χ0v) is 7.40. The molecule has 0 spiro atoms. The summed E-state index contributed by atoms with van der Waals surface area (Å²) in [5, 5.41) is 0.330. The van der Waals surface area contributed by atoms with Gasteiger partial charge in [-0.25, -0.2) is 0 Å². The lowest BCUT2D eigenvalue weighted by atomic mass is 9.80. The number of hydrogen-bond donors (Lipinski definition) is 0. The molecule has 60 valence electrons. The first-order chi connectivity index (χ1) is 4.74. The van der Waals surface area contributed by atoms with E-state index in [2.05, 4.69) is 6.92 Å². The summed E-state index contributed by atoms with van der Waals surface area (Å²) in [4.78, 5) is 0. The second kappa shape index (κ2) is 3.59. The lowest BCUT2D eigenvalue weighted by Gasteiger charge is -2.36. The van der Waals surface area contributed by atoms with Gasteiger partial charge < -0.3 is 4.74 Å². The summed E-state index contributed by atoms with van der Waals surface area (Å²) < 4.78 is 5.40. The predicted molar refractivity (Wildman–Crippen MR) is 43.5 cm³/mol. The minimum Gasteiger partial charge on any atom is -0.378 e. The van der Waals surface area contributed by atoms with Gasteiger partial charge in [0.2, 0.25) is 0 Å². The molecule has 0 aromatic carbocycles. The smallest absolute Gasteiger partial charge is 0.0581 e. The minimum atomic E-state index is 0.330. The number of ether oxygens (including phenoxy) is 1. The van der Waals surface area contributed by atoms with Gasteiger partial charge >= 0.3 is 0 Å². The average molecular weight is 163 g/mol. The topological polar surface area (TPSA) is 9.23 Å². The quantitative estimate of drug-likeness (QED) is 0.580. The van der Waals surface area contributed by atoms with E-state index in [1.807, 2.05) is 6.92 Å². The second-order valence-corrected chi connectivity index (χ2v) is 3.67. The molecule has 1 rings (SSSR count). The fourth-order valence-corrected chi connectivity index (χ4v) is 1.56. The molecule has 1 saturated carbocycles. The Bertz CT molecular complexity index is 97.4. The van der Waals surface area contributed by atoms with E-state index in [9.17, 15) is 0 Å². The minimum absolute atomic E-state index is 0.330. The Hall–Kier alpha value is 0.250. The van der Waals surface area contributed by atoms with Crippen LogP contribution in [0.15, 0.2) is 0 Å². The molecule has 1 nitrogen and oxygen atoms in total. The van der Waals surface area contributed by atoms with Crippen LogP contribution >= 0.6 is 11.6 Å². The standard InChI is InChI=1S/C8H15ClO/c1-3-10-8-4-7(5-8)6(2)9/h6-8H,3-5H2,1-2H3. The van der Waals surface area contributed by atoms with Crippen molar-refractivity contribution in [1.29, 1.82) is 0 Å². The Kier molecular flexibility index (Phi) is 2.99. The molecular weight excluding hydrogens is 148 g/mol. The van der Waals surface area contributed by atoms with Gasteiger partial charge in [-0.1, -0.05) is 0 Å². The Morgan fingerprint density at radius 2 is 2.20 bits per heavy atom. The summed E-state index contributed by atoms with van der Waals surface area (Å²) in [6.07, 6.45) is 2.84. The number of alkyl halides is 1. The molecule has 1 aliphatic rings. The monoisotopic (exact) mass is 162 g/mol. The first kappa shape index (κ1) is 8.35. The summed E-state index contributed by atoms with van der Waals surface area (Å²) >= 11 is 5.89. The highest BCUT2D eigenvalue weighted by Crippen LogP contribution is 2.34. The van der Waals surface area contributed by atoms with E-state index < -0.39 is 0 Å². The molecule has 0 aromatic rings. The molecule has 0 aliphatic heterocycles. The molecule has 1 aliphatic carbocycles. The molecule has 0 amide bonds. The van der Waals surface area contributed by atoms with E-state index in [4.69, 9.17) is 16.3 Å². The predicted octanol–water partition coefficient (Wildman–Crippen LogP) is 2.43. The number of halogens is 1. The Balaban J connectivity index is 2.06. The Labute approximate surface area is 67.7 Å². The highest BCUT2D eigenvalue weighted by Gasteiger charge is 2.32. The summed E-state index contributed by atoms with van der Waals surface area (Å²) in [6, 6.07) is 0. The van der Waals surface area contributed by atoms with Crippen LogP contribution < -0.4 is 0 Å². The van der Waals surface area contributed by atoms with Crippen LogP contribution in [0.4, 0.5) is 0 Å².